The molecule has 1 amide bonds. The zero-order valence-corrected chi connectivity index (χ0v) is 20.0. The lowest BCUT2D eigenvalue weighted by Crippen LogP contribution is -2.67. The van der Waals surface area contributed by atoms with Crippen molar-refractivity contribution in [3.05, 3.63) is 84.0 Å². The second-order valence-electron chi connectivity index (χ2n) is 9.84. The van der Waals surface area contributed by atoms with Crippen LogP contribution in [0.4, 0.5) is 13.2 Å². The first-order chi connectivity index (χ1) is 17.0. The van der Waals surface area contributed by atoms with Gasteiger partial charge in [-0.05, 0) is 73.7 Å². The number of carbonyl (C=O) groups is 1. The number of carbonyl (C=O) groups excluding carboxylic acids is 1. The van der Waals surface area contributed by atoms with Crippen LogP contribution in [0.25, 0.3) is 6.08 Å². The number of hydrogen-bond donors (Lipinski definition) is 3. The van der Waals surface area contributed by atoms with Crippen LogP contribution in [0.5, 0.6) is 5.75 Å². The maximum absolute atomic E-state index is 13.0. The van der Waals surface area contributed by atoms with E-state index in [1.807, 2.05) is 12.1 Å². The monoisotopic (exact) mass is 500 g/mol. The van der Waals surface area contributed by atoms with Gasteiger partial charge in [-0.2, -0.15) is 13.2 Å². The second kappa shape index (κ2) is 10.1. The number of aromatic hydroxyl groups is 1. The van der Waals surface area contributed by atoms with Crippen molar-refractivity contribution in [2.75, 3.05) is 19.6 Å². The quantitative estimate of drug-likeness (QED) is 0.399. The Balaban J connectivity index is 1.53. The predicted molar refractivity (Wildman–Crippen MR) is 132 cm³/mol. The Morgan fingerprint density at radius 2 is 1.97 bits per heavy atom. The highest BCUT2D eigenvalue weighted by Crippen LogP contribution is 2.52. The summed E-state index contributed by atoms with van der Waals surface area (Å²) < 4.78 is 38.9. The van der Waals surface area contributed by atoms with Gasteiger partial charge in [0.15, 0.2) is 0 Å². The number of aliphatic hydroxyl groups is 1. The number of piperidine rings is 1. The van der Waals surface area contributed by atoms with Gasteiger partial charge in [0.2, 0.25) is 5.91 Å². The molecular formula is C28H31F3N2O3. The van der Waals surface area contributed by atoms with E-state index in [4.69, 9.17) is 0 Å². The molecular weight excluding hydrogens is 469 g/mol. The predicted octanol–water partition coefficient (Wildman–Crippen LogP) is 4.65. The lowest BCUT2D eigenvalue weighted by atomic mass is 9.55. The van der Waals surface area contributed by atoms with Crippen molar-refractivity contribution in [3.63, 3.8) is 0 Å². The first-order valence-corrected chi connectivity index (χ1v) is 12.1. The molecule has 0 radical (unpaired) electrons. The average Bonchev–Trinajstić information content (AvgIpc) is 2.83. The van der Waals surface area contributed by atoms with Gasteiger partial charge in [0.1, 0.15) is 5.75 Å². The highest BCUT2D eigenvalue weighted by molar-refractivity contribution is 5.92. The molecule has 1 heterocycles. The van der Waals surface area contributed by atoms with E-state index in [9.17, 15) is 28.2 Å². The molecule has 2 aromatic rings. The van der Waals surface area contributed by atoms with Crippen LogP contribution in [0.1, 0.15) is 42.4 Å². The van der Waals surface area contributed by atoms with Gasteiger partial charge in [-0.25, -0.2) is 0 Å². The highest BCUT2D eigenvalue weighted by Gasteiger charge is 2.57. The van der Waals surface area contributed by atoms with Gasteiger partial charge in [-0.3, -0.25) is 9.69 Å². The van der Waals surface area contributed by atoms with Crippen molar-refractivity contribution in [1.82, 2.24) is 10.2 Å². The van der Waals surface area contributed by atoms with Crippen molar-refractivity contribution in [1.29, 1.82) is 0 Å². The van der Waals surface area contributed by atoms with Crippen LogP contribution in [0.3, 0.4) is 0 Å². The second-order valence-corrected chi connectivity index (χ2v) is 9.84. The molecule has 3 N–H and O–H groups in total. The summed E-state index contributed by atoms with van der Waals surface area (Å²) in [4.78, 5) is 14.9. The molecule has 8 heteroatoms. The van der Waals surface area contributed by atoms with Crippen molar-refractivity contribution < 1.29 is 28.2 Å². The molecule has 3 atom stereocenters. The Bertz CT molecular complexity index is 1150. The van der Waals surface area contributed by atoms with E-state index < -0.39 is 28.7 Å². The number of amides is 1. The fourth-order valence-electron chi connectivity index (χ4n) is 5.76. The summed E-state index contributed by atoms with van der Waals surface area (Å²) >= 11 is 0. The summed E-state index contributed by atoms with van der Waals surface area (Å²) in [5, 5.41) is 25.0. The Morgan fingerprint density at radius 1 is 1.19 bits per heavy atom. The number of fused-ring (bicyclic) bond motifs is 1. The van der Waals surface area contributed by atoms with E-state index in [1.165, 1.54) is 24.3 Å². The van der Waals surface area contributed by atoms with E-state index >= 15 is 0 Å². The van der Waals surface area contributed by atoms with Gasteiger partial charge in [0, 0.05) is 30.6 Å². The highest BCUT2D eigenvalue weighted by atomic mass is 19.4. The molecule has 1 aliphatic heterocycles. The van der Waals surface area contributed by atoms with Crippen molar-refractivity contribution in [2.24, 2.45) is 0 Å². The first kappa shape index (κ1) is 26.0. The average molecular weight is 501 g/mol. The number of phenols is 1. The molecule has 0 spiro atoms. The molecule has 2 aromatic carbocycles. The van der Waals surface area contributed by atoms with Gasteiger partial charge in [0.25, 0.3) is 0 Å². The molecule has 1 saturated heterocycles. The minimum absolute atomic E-state index is 0.118. The third-order valence-corrected chi connectivity index (χ3v) is 7.51. The van der Waals surface area contributed by atoms with E-state index in [0.29, 0.717) is 38.8 Å². The van der Waals surface area contributed by atoms with Crippen molar-refractivity contribution in [3.8, 4) is 5.75 Å². The number of β-amino-alcohol motifs (C(OH)–C–C–N with tert-alkyl or cyclic N) is 1. The van der Waals surface area contributed by atoms with Crippen LogP contribution in [-0.4, -0.2) is 52.3 Å². The zero-order chi connectivity index (χ0) is 26.0. The number of likely N-dealkylation sites (tertiary alicyclic amines) is 1. The van der Waals surface area contributed by atoms with E-state index in [0.717, 1.165) is 24.2 Å². The number of benzene rings is 2. The van der Waals surface area contributed by atoms with Gasteiger partial charge < -0.3 is 15.5 Å². The maximum atomic E-state index is 13.0. The molecule has 3 unspecified atom stereocenters. The number of hydrogen-bond acceptors (Lipinski definition) is 4. The SMILES string of the molecule is C=CCN1CCC2(c3cccc(O)c3)CC(NC(=O)/C=C/c3cccc(C(F)(F)F)c3)CCC2(O)C1. The summed E-state index contributed by atoms with van der Waals surface area (Å²) in [5.74, 6) is -0.286. The van der Waals surface area contributed by atoms with E-state index in [2.05, 4.69) is 16.8 Å². The number of halogens is 3. The number of rotatable bonds is 6. The smallest absolute Gasteiger partial charge is 0.416 e. The minimum atomic E-state index is -4.45. The van der Waals surface area contributed by atoms with Crippen LogP contribution >= 0.6 is 0 Å². The molecule has 4 rings (SSSR count). The first-order valence-electron chi connectivity index (χ1n) is 12.1. The summed E-state index contributed by atoms with van der Waals surface area (Å²) in [6, 6.07) is 11.5. The van der Waals surface area contributed by atoms with E-state index in [1.54, 1.807) is 18.2 Å². The molecule has 192 valence electrons. The van der Waals surface area contributed by atoms with Crippen molar-refractivity contribution >= 4 is 12.0 Å². The Morgan fingerprint density at radius 3 is 2.69 bits per heavy atom. The standard InChI is InChI=1S/C28H31F3N2O3/c1-2-14-33-15-13-26(21-6-4-8-24(34)17-21)18-23(11-12-27(26,36)19-33)32-25(35)10-9-20-5-3-7-22(16-20)28(29,30)31/h2-10,16-17,23,34,36H,1,11-15,18-19H2,(H,32,35)/b10-9+. The summed E-state index contributed by atoms with van der Waals surface area (Å²) in [5.41, 5.74) is -1.36. The molecule has 2 fully saturated rings. The van der Waals surface area contributed by atoms with Crippen LogP contribution in [0.15, 0.2) is 67.3 Å². The molecule has 0 aromatic heterocycles. The normalized spacial score (nSPS) is 26.9. The van der Waals surface area contributed by atoms with Crippen LogP contribution in [0.2, 0.25) is 0 Å². The lowest BCUT2D eigenvalue weighted by Gasteiger charge is -2.58. The summed E-state index contributed by atoms with van der Waals surface area (Å²) in [6.07, 6.45) is 2.11. The third-order valence-electron chi connectivity index (χ3n) is 7.51. The number of nitrogens with one attached hydrogen (secondary N) is 1. The Labute approximate surface area is 208 Å². The Hall–Kier alpha value is -3.10. The molecule has 1 saturated carbocycles. The fraction of sp³-hybridized carbons (Fsp3) is 0.393. The molecule has 36 heavy (non-hydrogen) atoms. The van der Waals surface area contributed by atoms with Crippen LogP contribution < -0.4 is 5.32 Å². The van der Waals surface area contributed by atoms with Gasteiger partial charge in [-0.15, -0.1) is 6.58 Å². The minimum Gasteiger partial charge on any atom is -0.508 e. The lowest BCUT2D eigenvalue weighted by molar-refractivity contribution is -0.137. The summed E-state index contributed by atoms with van der Waals surface area (Å²) in [7, 11) is 0. The summed E-state index contributed by atoms with van der Waals surface area (Å²) in [6.45, 7) is 5.67. The maximum Gasteiger partial charge on any atom is 0.416 e. The molecule has 1 aliphatic carbocycles. The largest absolute Gasteiger partial charge is 0.508 e. The number of phenolic OH excluding ortho intramolecular Hbond substituents is 1. The van der Waals surface area contributed by atoms with Crippen LogP contribution in [0, 0.1) is 0 Å². The molecule has 5 nitrogen and oxygen atoms in total. The zero-order valence-electron chi connectivity index (χ0n) is 20.0. The Kier molecular flexibility index (Phi) is 7.29. The van der Waals surface area contributed by atoms with Crippen molar-refractivity contribution in [2.45, 2.75) is 48.9 Å². The number of alkyl halides is 3. The topological polar surface area (TPSA) is 72.8 Å². The molecule has 2 aliphatic rings. The van der Waals surface area contributed by atoms with E-state index in [-0.39, 0.29) is 17.4 Å². The van der Waals surface area contributed by atoms with Gasteiger partial charge >= 0.3 is 6.18 Å². The van der Waals surface area contributed by atoms with Gasteiger partial charge in [0.05, 0.1) is 11.2 Å². The third kappa shape index (κ3) is 5.34. The fourth-order valence-corrected chi connectivity index (χ4v) is 5.76. The van der Waals surface area contributed by atoms with Gasteiger partial charge in [-0.1, -0.05) is 30.3 Å². The number of nitrogens with zero attached hydrogens (tertiary/aromatic N) is 1. The van der Waals surface area contributed by atoms with Crippen LogP contribution in [-0.2, 0) is 16.4 Å². The molecule has 0 bridgehead atoms.